The van der Waals surface area contributed by atoms with Crippen molar-refractivity contribution >= 4 is 17.7 Å². The van der Waals surface area contributed by atoms with Crippen LogP contribution in [0.3, 0.4) is 0 Å². The number of likely N-dealkylation sites (N-methyl/N-ethyl adjacent to an activating group) is 1. The van der Waals surface area contributed by atoms with Crippen LogP contribution in [0, 0.1) is 0 Å². The quantitative estimate of drug-likeness (QED) is 0.419. The normalized spacial score (nSPS) is 17.4. The topological polar surface area (TPSA) is 90.5 Å². The van der Waals surface area contributed by atoms with Crippen LogP contribution in [0.1, 0.15) is 69.2 Å². The van der Waals surface area contributed by atoms with Gasteiger partial charge in [0.05, 0.1) is 12.1 Å². The van der Waals surface area contributed by atoms with Crippen molar-refractivity contribution in [2.45, 2.75) is 83.6 Å². The first kappa shape index (κ1) is 27.4. The van der Waals surface area contributed by atoms with E-state index in [1.807, 2.05) is 61.5 Å². The van der Waals surface area contributed by atoms with Crippen LogP contribution >= 0.6 is 0 Å². The maximum atomic E-state index is 13.9. The molecule has 3 N–H and O–H groups in total. The summed E-state index contributed by atoms with van der Waals surface area (Å²) in [5.41, 5.74) is 3.11. The van der Waals surface area contributed by atoms with Crippen LogP contribution < -0.4 is 16.0 Å². The third kappa shape index (κ3) is 6.94. The predicted molar refractivity (Wildman–Crippen MR) is 142 cm³/mol. The van der Waals surface area contributed by atoms with Crippen LogP contribution in [0.4, 0.5) is 0 Å². The summed E-state index contributed by atoms with van der Waals surface area (Å²) in [6.45, 7) is 6.16. The van der Waals surface area contributed by atoms with Crippen LogP contribution in [0.2, 0.25) is 0 Å². The molecule has 194 valence electrons. The summed E-state index contributed by atoms with van der Waals surface area (Å²) in [5, 5.41) is 8.99. The molecule has 4 atom stereocenters. The minimum Gasteiger partial charge on any atom is -0.348 e. The highest BCUT2D eigenvalue weighted by molar-refractivity contribution is 5.93. The van der Waals surface area contributed by atoms with Gasteiger partial charge < -0.3 is 20.9 Å². The molecule has 7 heteroatoms. The molecule has 2 aromatic rings. The van der Waals surface area contributed by atoms with Crippen molar-refractivity contribution < 1.29 is 14.4 Å². The fraction of sp³-hybridized carbons (Fsp3) is 0.483. The van der Waals surface area contributed by atoms with Gasteiger partial charge in [-0.15, -0.1) is 0 Å². The monoisotopic (exact) mass is 492 g/mol. The zero-order chi connectivity index (χ0) is 26.1. The van der Waals surface area contributed by atoms with Gasteiger partial charge in [0.2, 0.25) is 17.7 Å². The van der Waals surface area contributed by atoms with Gasteiger partial charge in [0.1, 0.15) is 12.1 Å². The molecular formula is C29H40N4O3. The van der Waals surface area contributed by atoms with E-state index >= 15 is 0 Å². The third-order valence-corrected chi connectivity index (χ3v) is 7.03. The molecule has 0 fully saturated rings. The highest BCUT2D eigenvalue weighted by atomic mass is 16.2. The maximum absolute atomic E-state index is 13.9. The third-order valence-electron chi connectivity index (χ3n) is 7.03. The largest absolute Gasteiger partial charge is 0.348 e. The molecule has 0 bridgehead atoms. The van der Waals surface area contributed by atoms with Crippen LogP contribution in [0.15, 0.2) is 54.6 Å². The van der Waals surface area contributed by atoms with Crippen LogP contribution in [0.25, 0.3) is 0 Å². The van der Waals surface area contributed by atoms with Gasteiger partial charge in [-0.3, -0.25) is 14.4 Å². The second kappa shape index (κ2) is 13.2. The number of nitrogens with zero attached hydrogens (tertiary/aromatic N) is 1. The number of rotatable bonds is 11. The predicted octanol–water partition coefficient (Wildman–Crippen LogP) is 3.49. The molecule has 0 radical (unpaired) electrons. The Morgan fingerprint density at radius 3 is 2.28 bits per heavy atom. The maximum Gasteiger partial charge on any atom is 0.246 e. The van der Waals surface area contributed by atoms with Crippen LogP contribution in [0.5, 0.6) is 0 Å². The number of amides is 3. The molecule has 0 saturated carbocycles. The number of hydrogen-bond donors (Lipinski definition) is 3. The number of carbonyl (C=O) groups is 3. The SMILES string of the molecule is CCCCC[C@H](NC(=O)[C@H](C)NC)C(=O)N1Cc2ccccc2C[C@H]1C(=O)N[C@H](C)c1ccccc1. The zero-order valence-electron chi connectivity index (χ0n) is 21.9. The number of nitrogens with one attached hydrogen (secondary N) is 3. The van der Waals surface area contributed by atoms with Crippen molar-refractivity contribution in [2.75, 3.05) is 7.05 Å². The molecule has 0 aromatic heterocycles. The average molecular weight is 493 g/mol. The first-order chi connectivity index (χ1) is 17.3. The second-order valence-electron chi connectivity index (χ2n) is 9.66. The molecule has 3 rings (SSSR count). The van der Waals surface area contributed by atoms with Gasteiger partial charge in [0.25, 0.3) is 0 Å². The number of unbranched alkanes of at least 4 members (excludes halogenated alkanes) is 2. The van der Waals surface area contributed by atoms with E-state index in [0.717, 1.165) is 36.0 Å². The van der Waals surface area contributed by atoms with Gasteiger partial charge in [-0.05, 0) is 44.0 Å². The summed E-state index contributed by atoms with van der Waals surface area (Å²) in [6, 6.07) is 15.8. The Morgan fingerprint density at radius 1 is 0.944 bits per heavy atom. The van der Waals surface area contributed by atoms with E-state index in [9.17, 15) is 14.4 Å². The number of fused-ring (bicyclic) bond motifs is 1. The Morgan fingerprint density at radius 2 is 1.61 bits per heavy atom. The highest BCUT2D eigenvalue weighted by Crippen LogP contribution is 2.26. The Kier molecular flexibility index (Phi) is 10.1. The highest BCUT2D eigenvalue weighted by Gasteiger charge is 2.38. The van der Waals surface area contributed by atoms with Crippen molar-refractivity contribution in [2.24, 2.45) is 0 Å². The zero-order valence-corrected chi connectivity index (χ0v) is 21.9. The number of hydrogen-bond acceptors (Lipinski definition) is 4. The van der Waals surface area contributed by atoms with Crippen LogP contribution in [-0.2, 0) is 27.3 Å². The van der Waals surface area contributed by atoms with Gasteiger partial charge >= 0.3 is 0 Å². The van der Waals surface area contributed by atoms with Gasteiger partial charge in [-0.2, -0.15) is 0 Å². The van der Waals surface area contributed by atoms with Crippen molar-refractivity contribution in [3.8, 4) is 0 Å². The van der Waals surface area contributed by atoms with Gasteiger partial charge in [0.15, 0.2) is 0 Å². The molecule has 36 heavy (non-hydrogen) atoms. The molecule has 3 amide bonds. The molecule has 0 aliphatic carbocycles. The standard InChI is InChI=1S/C29H40N4O3/c1-5-6-8-17-25(32-27(34)21(3)30-4)29(36)33-19-24-16-12-11-15-23(24)18-26(33)28(35)31-20(2)22-13-9-7-10-14-22/h7,9-16,20-21,25-26,30H,5-6,8,17-19H2,1-4H3,(H,31,35)(H,32,34)/t20-,21+,25+,26+/m1/s1. The first-order valence-electron chi connectivity index (χ1n) is 13.1. The second-order valence-corrected chi connectivity index (χ2v) is 9.66. The minimum atomic E-state index is -0.674. The van der Waals surface area contributed by atoms with Gasteiger partial charge in [-0.25, -0.2) is 0 Å². The van der Waals surface area contributed by atoms with Crippen molar-refractivity contribution in [1.29, 1.82) is 0 Å². The lowest BCUT2D eigenvalue weighted by atomic mass is 9.92. The number of benzene rings is 2. The lowest BCUT2D eigenvalue weighted by molar-refractivity contribution is -0.145. The van der Waals surface area contributed by atoms with E-state index in [1.165, 1.54) is 0 Å². The molecule has 1 aliphatic rings. The summed E-state index contributed by atoms with van der Waals surface area (Å²) in [4.78, 5) is 41.9. The molecular weight excluding hydrogens is 452 g/mol. The Labute approximate surface area is 215 Å². The molecule has 2 aromatic carbocycles. The molecule has 0 saturated heterocycles. The molecule has 1 heterocycles. The van der Waals surface area contributed by atoms with E-state index in [0.29, 0.717) is 19.4 Å². The lowest BCUT2D eigenvalue weighted by Gasteiger charge is -2.38. The summed E-state index contributed by atoms with van der Waals surface area (Å²) >= 11 is 0. The fourth-order valence-corrected chi connectivity index (χ4v) is 4.61. The molecule has 0 unspecified atom stereocenters. The van der Waals surface area contributed by atoms with E-state index in [1.54, 1.807) is 18.9 Å². The summed E-state index contributed by atoms with van der Waals surface area (Å²) in [7, 11) is 1.72. The minimum absolute atomic E-state index is 0.184. The first-order valence-corrected chi connectivity index (χ1v) is 13.1. The average Bonchev–Trinajstić information content (AvgIpc) is 2.91. The van der Waals surface area contributed by atoms with Crippen molar-refractivity contribution in [3.63, 3.8) is 0 Å². The molecule has 1 aliphatic heterocycles. The van der Waals surface area contributed by atoms with Gasteiger partial charge in [-0.1, -0.05) is 80.8 Å². The molecule has 7 nitrogen and oxygen atoms in total. The summed E-state index contributed by atoms with van der Waals surface area (Å²) in [5.74, 6) is -0.607. The number of carbonyl (C=O) groups excluding carboxylic acids is 3. The van der Waals surface area contributed by atoms with Crippen LogP contribution in [-0.4, -0.2) is 47.8 Å². The van der Waals surface area contributed by atoms with E-state index in [4.69, 9.17) is 0 Å². The fourth-order valence-electron chi connectivity index (χ4n) is 4.61. The van der Waals surface area contributed by atoms with E-state index in [2.05, 4.69) is 22.9 Å². The lowest BCUT2D eigenvalue weighted by Crippen LogP contribution is -2.59. The molecule has 0 spiro atoms. The van der Waals surface area contributed by atoms with Gasteiger partial charge in [0, 0.05) is 13.0 Å². The summed E-state index contributed by atoms with van der Waals surface area (Å²) in [6.07, 6.45) is 3.80. The van der Waals surface area contributed by atoms with Crippen molar-refractivity contribution in [3.05, 3.63) is 71.3 Å². The van der Waals surface area contributed by atoms with E-state index in [-0.39, 0.29) is 23.8 Å². The smallest absolute Gasteiger partial charge is 0.246 e. The Bertz CT molecular complexity index is 1030. The Hall–Kier alpha value is -3.19. The Balaban J connectivity index is 1.86. The summed E-state index contributed by atoms with van der Waals surface area (Å²) < 4.78 is 0. The van der Waals surface area contributed by atoms with Crippen molar-refractivity contribution in [1.82, 2.24) is 20.9 Å². The van der Waals surface area contributed by atoms with E-state index < -0.39 is 18.1 Å².